The molecule has 8 heteroatoms. The summed E-state index contributed by atoms with van der Waals surface area (Å²) in [5.41, 5.74) is 2.18. The lowest BCUT2D eigenvalue weighted by molar-refractivity contribution is 0.255. The van der Waals surface area contributed by atoms with E-state index in [4.69, 9.17) is 0 Å². The van der Waals surface area contributed by atoms with Gasteiger partial charge in [0.15, 0.2) is 5.16 Å². The minimum Gasteiger partial charge on any atom is -0.333 e. The van der Waals surface area contributed by atoms with Crippen molar-refractivity contribution in [2.75, 3.05) is 38.5 Å². The SMILES string of the molecule is Cl.Cl.Cl.c1ccc2[nH]c(SCCN3CCNCC3)nc2c1. The Morgan fingerprint density at radius 1 is 1.10 bits per heavy atom. The summed E-state index contributed by atoms with van der Waals surface area (Å²) in [7, 11) is 0. The Morgan fingerprint density at radius 2 is 1.81 bits per heavy atom. The van der Waals surface area contributed by atoms with E-state index in [0.717, 1.165) is 41.6 Å². The molecule has 0 bridgehead atoms. The molecule has 3 rings (SSSR count). The predicted octanol–water partition coefficient (Wildman–Crippen LogP) is 2.83. The van der Waals surface area contributed by atoms with Crippen LogP contribution < -0.4 is 5.32 Å². The zero-order valence-corrected chi connectivity index (χ0v) is 14.8. The molecule has 2 aromatic rings. The summed E-state index contributed by atoms with van der Waals surface area (Å²) in [6.07, 6.45) is 0. The van der Waals surface area contributed by atoms with E-state index in [9.17, 15) is 0 Å². The van der Waals surface area contributed by atoms with Crippen LogP contribution in [0, 0.1) is 0 Å². The van der Waals surface area contributed by atoms with Crippen molar-refractivity contribution in [1.29, 1.82) is 0 Å². The maximum Gasteiger partial charge on any atom is 0.166 e. The molecule has 4 nitrogen and oxygen atoms in total. The molecule has 1 aliphatic rings. The lowest BCUT2D eigenvalue weighted by Gasteiger charge is -2.26. The van der Waals surface area contributed by atoms with Crippen LogP contribution in [0.15, 0.2) is 29.4 Å². The van der Waals surface area contributed by atoms with E-state index in [0.29, 0.717) is 0 Å². The van der Waals surface area contributed by atoms with Gasteiger partial charge in [0.1, 0.15) is 0 Å². The standard InChI is InChI=1S/C13H18N4S.3ClH/c1-2-4-12-11(3-1)15-13(16-12)18-10-9-17-7-5-14-6-8-17;;;/h1-4,14H,5-10H2,(H,15,16);3*1H. The molecule has 1 fully saturated rings. The normalized spacial score (nSPS) is 14.9. The highest BCUT2D eigenvalue weighted by molar-refractivity contribution is 7.99. The Morgan fingerprint density at radius 3 is 2.52 bits per heavy atom. The second-order valence-electron chi connectivity index (χ2n) is 4.50. The van der Waals surface area contributed by atoms with Gasteiger partial charge in [-0.1, -0.05) is 23.9 Å². The highest BCUT2D eigenvalue weighted by atomic mass is 35.5. The second-order valence-corrected chi connectivity index (χ2v) is 5.58. The molecule has 0 spiro atoms. The fourth-order valence-corrected chi connectivity index (χ4v) is 3.09. The number of nitrogens with zero attached hydrogens (tertiary/aromatic N) is 2. The van der Waals surface area contributed by atoms with Gasteiger partial charge in [0.05, 0.1) is 11.0 Å². The predicted molar refractivity (Wildman–Crippen MR) is 97.9 cm³/mol. The Hall–Kier alpha value is -0.170. The van der Waals surface area contributed by atoms with Crippen molar-refractivity contribution in [3.63, 3.8) is 0 Å². The van der Waals surface area contributed by atoms with E-state index in [1.165, 1.54) is 13.1 Å². The molecule has 1 aromatic heterocycles. The molecular formula is C13H21Cl3N4S. The number of fused-ring (bicyclic) bond motifs is 1. The summed E-state index contributed by atoms with van der Waals surface area (Å²) >= 11 is 1.81. The molecule has 21 heavy (non-hydrogen) atoms. The number of rotatable bonds is 4. The van der Waals surface area contributed by atoms with Crippen molar-refractivity contribution in [2.45, 2.75) is 5.16 Å². The lowest BCUT2D eigenvalue weighted by Crippen LogP contribution is -2.44. The van der Waals surface area contributed by atoms with Gasteiger partial charge in [0, 0.05) is 38.5 Å². The van der Waals surface area contributed by atoms with E-state index in [-0.39, 0.29) is 37.2 Å². The first-order valence-electron chi connectivity index (χ1n) is 6.42. The molecule has 0 amide bonds. The average Bonchev–Trinajstić information content (AvgIpc) is 2.82. The number of aromatic amines is 1. The van der Waals surface area contributed by atoms with E-state index < -0.39 is 0 Å². The van der Waals surface area contributed by atoms with E-state index in [1.807, 2.05) is 30.0 Å². The molecule has 1 aromatic carbocycles. The quantitative estimate of drug-likeness (QED) is 0.811. The van der Waals surface area contributed by atoms with Crippen LogP contribution in [0.25, 0.3) is 11.0 Å². The first-order chi connectivity index (χ1) is 8.92. The molecule has 2 N–H and O–H groups in total. The molecule has 1 aliphatic heterocycles. The molecule has 0 unspecified atom stereocenters. The fraction of sp³-hybridized carbons (Fsp3) is 0.462. The summed E-state index contributed by atoms with van der Waals surface area (Å²) in [4.78, 5) is 10.4. The van der Waals surface area contributed by atoms with Crippen LogP contribution in [0.2, 0.25) is 0 Å². The lowest BCUT2D eigenvalue weighted by atomic mass is 10.3. The molecule has 0 atom stereocenters. The van der Waals surface area contributed by atoms with Gasteiger partial charge >= 0.3 is 0 Å². The van der Waals surface area contributed by atoms with Crippen LogP contribution in [-0.4, -0.2) is 53.3 Å². The molecule has 2 heterocycles. The van der Waals surface area contributed by atoms with E-state index in [1.54, 1.807) is 0 Å². The van der Waals surface area contributed by atoms with Crippen molar-refractivity contribution in [2.24, 2.45) is 0 Å². The summed E-state index contributed by atoms with van der Waals surface area (Å²) in [5, 5.41) is 4.41. The number of hydrogen-bond acceptors (Lipinski definition) is 4. The number of aromatic nitrogens is 2. The number of benzene rings is 1. The highest BCUT2D eigenvalue weighted by Crippen LogP contribution is 2.19. The topological polar surface area (TPSA) is 44.0 Å². The van der Waals surface area contributed by atoms with Crippen LogP contribution in [0.1, 0.15) is 0 Å². The highest BCUT2D eigenvalue weighted by Gasteiger charge is 2.09. The number of imidazole rings is 1. The maximum absolute atomic E-state index is 4.57. The van der Waals surface area contributed by atoms with E-state index in [2.05, 4.69) is 26.3 Å². The monoisotopic (exact) mass is 370 g/mol. The third-order valence-corrected chi connectivity index (χ3v) is 4.08. The zero-order chi connectivity index (χ0) is 12.2. The largest absolute Gasteiger partial charge is 0.333 e. The number of halogens is 3. The van der Waals surface area contributed by atoms with Crippen molar-refractivity contribution in [3.05, 3.63) is 24.3 Å². The number of hydrogen-bond donors (Lipinski definition) is 2. The summed E-state index contributed by atoms with van der Waals surface area (Å²) in [6.45, 7) is 5.72. The number of piperazine rings is 1. The number of thioether (sulfide) groups is 1. The summed E-state index contributed by atoms with van der Waals surface area (Å²) in [6, 6.07) is 8.18. The van der Waals surface area contributed by atoms with Crippen LogP contribution in [-0.2, 0) is 0 Å². The smallest absolute Gasteiger partial charge is 0.166 e. The van der Waals surface area contributed by atoms with Gasteiger partial charge in [-0.15, -0.1) is 37.2 Å². The van der Waals surface area contributed by atoms with Gasteiger partial charge in [0.2, 0.25) is 0 Å². The van der Waals surface area contributed by atoms with Crippen molar-refractivity contribution < 1.29 is 0 Å². The van der Waals surface area contributed by atoms with Crippen molar-refractivity contribution in [3.8, 4) is 0 Å². The van der Waals surface area contributed by atoms with Crippen LogP contribution in [0.3, 0.4) is 0 Å². The Labute approximate surface area is 148 Å². The van der Waals surface area contributed by atoms with Crippen molar-refractivity contribution in [1.82, 2.24) is 20.2 Å². The fourth-order valence-electron chi connectivity index (χ4n) is 2.20. The molecule has 120 valence electrons. The zero-order valence-electron chi connectivity index (χ0n) is 11.6. The molecular weight excluding hydrogens is 351 g/mol. The first-order valence-corrected chi connectivity index (χ1v) is 7.41. The number of para-hydroxylation sites is 2. The molecule has 1 saturated heterocycles. The Balaban J connectivity index is 0.00000133. The molecule has 0 saturated carbocycles. The summed E-state index contributed by atoms with van der Waals surface area (Å²) in [5.74, 6) is 1.10. The third-order valence-electron chi connectivity index (χ3n) is 3.22. The number of nitrogens with one attached hydrogen (secondary N) is 2. The van der Waals surface area contributed by atoms with Gasteiger partial charge in [-0.3, -0.25) is 4.90 Å². The average molecular weight is 372 g/mol. The Bertz CT molecular complexity index is 484. The van der Waals surface area contributed by atoms with Crippen LogP contribution in [0.4, 0.5) is 0 Å². The van der Waals surface area contributed by atoms with Gasteiger partial charge < -0.3 is 10.3 Å². The number of H-pyrrole nitrogens is 1. The van der Waals surface area contributed by atoms with Gasteiger partial charge in [-0.05, 0) is 12.1 Å². The third kappa shape index (κ3) is 5.85. The Kier molecular flexibility index (Phi) is 10.5. The van der Waals surface area contributed by atoms with Gasteiger partial charge in [-0.25, -0.2) is 4.98 Å². The molecule has 0 radical (unpaired) electrons. The maximum atomic E-state index is 4.57. The molecule has 0 aliphatic carbocycles. The van der Waals surface area contributed by atoms with Crippen molar-refractivity contribution >= 4 is 60.0 Å². The van der Waals surface area contributed by atoms with Crippen LogP contribution in [0.5, 0.6) is 0 Å². The summed E-state index contributed by atoms with van der Waals surface area (Å²) < 4.78 is 0. The van der Waals surface area contributed by atoms with Gasteiger partial charge in [-0.2, -0.15) is 0 Å². The second kappa shape index (κ2) is 10.5. The van der Waals surface area contributed by atoms with Gasteiger partial charge in [0.25, 0.3) is 0 Å². The van der Waals surface area contributed by atoms with Crippen LogP contribution >= 0.6 is 49.0 Å². The minimum atomic E-state index is 0. The first kappa shape index (κ1) is 20.8. The van der Waals surface area contributed by atoms with E-state index >= 15 is 0 Å². The minimum absolute atomic E-state index is 0.